The summed E-state index contributed by atoms with van der Waals surface area (Å²) >= 11 is 0. The van der Waals surface area contributed by atoms with Crippen molar-refractivity contribution in [1.82, 2.24) is 9.80 Å². The summed E-state index contributed by atoms with van der Waals surface area (Å²) in [7, 11) is 1.77. The lowest BCUT2D eigenvalue weighted by Gasteiger charge is -2.39. The van der Waals surface area contributed by atoms with Crippen LogP contribution in [0.25, 0.3) is 0 Å². The highest BCUT2D eigenvalue weighted by molar-refractivity contribution is 5.94. The fourth-order valence-electron chi connectivity index (χ4n) is 2.69. The van der Waals surface area contributed by atoms with Gasteiger partial charge >= 0.3 is 6.03 Å². The van der Waals surface area contributed by atoms with Crippen molar-refractivity contribution in [2.75, 3.05) is 25.5 Å². The maximum atomic E-state index is 12.6. The van der Waals surface area contributed by atoms with E-state index in [9.17, 15) is 9.59 Å². The number of urea groups is 1. The number of unbranched alkanes of at least 4 members (excludes halogenated alkanes) is 1. The topological polar surface area (TPSA) is 76.4 Å². The third-order valence-electron chi connectivity index (χ3n) is 4.05. The first-order valence-corrected chi connectivity index (χ1v) is 7.89. The molecule has 0 bridgehead atoms. The zero-order chi connectivity index (χ0) is 16.8. The SMILES string of the molecule is CCCC[C@H]1C(=O)N(C)CCN1C(=O)Nc1cccc(C#N)c1. The van der Waals surface area contributed by atoms with E-state index in [1.807, 2.05) is 6.07 Å². The number of carbonyl (C=O) groups is 2. The number of hydrogen-bond acceptors (Lipinski definition) is 3. The van der Waals surface area contributed by atoms with Crippen LogP contribution in [0.2, 0.25) is 0 Å². The normalized spacial score (nSPS) is 17.8. The van der Waals surface area contributed by atoms with Crippen LogP contribution in [0.3, 0.4) is 0 Å². The van der Waals surface area contributed by atoms with Gasteiger partial charge in [-0.25, -0.2) is 4.79 Å². The second-order valence-electron chi connectivity index (χ2n) is 5.73. The molecule has 2 rings (SSSR count). The number of amides is 3. The molecule has 1 saturated heterocycles. The molecule has 1 N–H and O–H groups in total. The summed E-state index contributed by atoms with van der Waals surface area (Å²) in [5.74, 6) is -0.00868. The van der Waals surface area contributed by atoms with E-state index in [1.165, 1.54) is 0 Å². The number of carbonyl (C=O) groups excluding carboxylic acids is 2. The van der Waals surface area contributed by atoms with Crippen LogP contribution < -0.4 is 5.32 Å². The van der Waals surface area contributed by atoms with Gasteiger partial charge < -0.3 is 15.1 Å². The maximum absolute atomic E-state index is 12.6. The fourth-order valence-corrected chi connectivity index (χ4v) is 2.69. The van der Waals surface area contributed by atoms with Crippen molar-refractivity contribution in [1.29, 1.82) is 5.26 Å². The fraction of sp³-hybridized carbons (Fsp3) is 0.471. The number of nitrogens with zero attached hydrogens (tertiary/aromatic N) is 3. The van der Waals surface area contributed by atoms with Gasteiger partial charge in [-0.1, -0.05) is 25.8 Å². The predicted molar refractivity (Wildman–Crippen MR) is 87.8 cm³/mol. The Morgan fingerprint density at radius 3 is 2.91 bits per heavy atom. The van der Waals surface area contributed by atoms with Crippen molar-refractivity contribution >= 4 is 17.6 Å². The summed E-state index contributed by atoms with van der Waals surface area (Å²) in [6.07, 6.45) is 2.55. The van der Waals surface area contributed by atoms with E-state index in [0.717, 1.165) is 12.8 Å². The molecule has 0 aromatic heterocycles. The van der Waals surface area contributed by atoms with Crippen LogP contribution in [0, 0.1) is 11.3 Å². The van der Waals surface area contributed by atoms with Gasteiger partial charge in [0.25, 0.3) is 0 Å². The number of rotatable bonds is 4. The van der Waals surface area contributed by atoms with Crippen LogP contribution in [0.1, 0.15) is 31.7 Å². The first-order chi connectivity index (χ1) is 11.1. The Balaban J connectivity index is 2.11. The van der Waals surface area contributed by atoms with Gasteiger partial charge in [0, 0.05) is 25.8 Å². The van der Waals surface area contributed by atoms with Crippen LogP contribution in [0.15, 0.2) is 24.3 Å². The minimum Gasteiger partial charge on any atom is -0.342 e. The van der Waals surface area contributed by atoms with E-state index >= 15 is 0 Å². The molecule has 122 valence electrons. The summed E-state index contributed by atoms with van der Waals surface area (Å²) in [5.41, 5.74) is 1.05. The molecule has 0 radical (unpaired) electrons. The highest BCUT2D eigenvalue weighted by Gasteiger charge is 2.35. The summed E-state index contributed by atoms with van der Waals surface area (Å²) in [6, 6.07) is 8.10. The predicted octanol–water partition coefficient (Wildman–Crippen LogP) is 2.42. The average molecular weight is 314 g/mol. The van der Waals surface area contributed by atoms with Crippen molar-refractivity contribution in [3.63, 3.8) is 0 Å². The summed E-state index contributed by atoms with van der Waals surface area (Å²) in [4.78, 5) is 28.2. The van der Waals surface area contributed by atoms with Crippen LogP contribution in [-0.4, -0.2) is 47.9 Å². The Bertz CT molecular complexity index is 623. The first-order valence-electron chi connectivity index (χ1n) is 7.89. The molecule has 1 aliphatic rings. The summed E-state index contributed by atoms with van der Waals surface area (Å²) in [6.45, 7) is 3.11. The molecule has 0 spiro atoms. The van der Waals surface area contributed by atoms with Gasteiger partial charge in [0.2, 0.25) is 5.91 Å². The lowest BCUT2D eigenvalue weighted by Crippen LogP contribution is -2.58. The van der Waals surface area contributed by atoms with E-state index in [0.29, 0.717) is 30.8 Å². The second-order valence-corrected chi connectivity index (χ2v) is 5.73. The third kappa shape index (κ3) is 4.01. The van der Waals surface area contributed by atoms with E-state index < -0.39 is 6.04 Å². The number of nitriles is 1. The molecule has 1 aliphatic heterocycles. The first kappa shape index (κ1) is 16.8. The summed E-state index contributed by atoms with van der Waals surface area (Å²) < 4.78 is 0. The molecule has 6 nitrogen and oxygen atoms in total. The van der Waals surface area contributed by atoms with Crippen LogP contribution in [-0.2, 0) is 4.79 Å². The minimum absolute atomic E-state index is 0.00868. The molecule has 0 saturated carbocycles. The summed E-state index contributed by atoms with van der Waals surface area (Å²) in [5, 5.41) is 11.7. The minimum atomic E-state index is -0.409. The molecule has 1 aromatic carbocycles. The van der Waals surface area contributed by atoms with Crippen LogP contribution in [0.5, 0.6) is 0 Å². The number of benzene rings is 1. The maximum Gasteiger partial charge on any atom is 0.322 e. The molecular formula is C17H22N4O2. The Morgan fingerprint density at radius 1 is 1.43 bits per heavy atom. The smallest absolute Gasteiger partial charge is 0.322 e. The number of piperazine rings is 1. The molecule has 1 heterocycles. The van der Waals surface area contributed by atoms with Crippen LogP contribution >= 0.6 is 0 Å². The molecule has 1 fully saturated rings. The number of nitrogens with one attached hydrogen (secondary N) is 1. The standard InChI is InChI=1S/C17H22N4O2/c1-3-4-8-15-16(22)20(2)9-10-21(15)17(23)19-14-7-5-6-13(11-14)12-18/h5-7,11,15H,3-4,8-10H2,1-2H3,(H,19,23)/t15-/m0/s1. The molecule has 1 atom stereocenters. The highest BCUT2D eigenvalue weighted by atomic mass is 16.2. The zero-order valence-corrected chi connectivity index (χ0v) is 13.6. The van der Waals surface area contributed by atoms with E-state index in [-0.39, 0.29) is 11.9 Å². The molecule has 23 heavy (non-hydrogen) atoms. The van der Waals surface area contributed by atoms with Crippen LogP contribution in [0.4, 0.5) is 10.5 Å². The molecule has 0 aliphatic carbocycles. The van der Waals surface area contributed by atoms with Crippen molar-refractivity contribution in [3.8, 4) is 6.07 Å². The van der Waals surface area contributed by atoms with Gasteiger partial charge in [0.1, 0.15) is 6.04 Å². The Labute approximate surface area is 136 Å². The van der Waals surface area contributed by atoms with E-state index in [1.54, 1.807) is 41.1 Å². The van der Waals surface area contributed by atoms with Gasteiger partial charge in [-0.2, -0.15) is 5.26 Å². The number of likely N-dealkylation sites (N-methyl/N-ethyl adjacent to an activating group) is 1. The van der Waals surface area contributed by atoms with Crippen molar-refractivity contribution in [2.24, 2.45) is 0 Å². The third-order valence-corrected chi connectivity index (χ3v) is 4.05. The molecule has 0 unspecified atom stereocenters. The average Bonchev–Trinajstić information content (AvgIpc) is 2.56. The van der Waals surface area contributed by atoms with E-state index in [2.05, 4.69) is 12.2 Å². The van der Waals surface area contributed by atoms with Gasteiger partial charge in [-0.15, -0.1) is 0 Å². The van der Waals surface area contributed by atoms with Gasteiger partial charge in [-0.05, 0) is 24.6 Å². The molecule has 6 heteroatoms. The Morgan fingerprint density at radius 2 is 2.22 bits per heavy atom. The quantitative estimate of drug-likeness (QED) is 0.927. The van der Waals surface area contributed by atoms with Gasteiger partial charge in [0.15, 0.2) is 0 Å². The molecule has 3 amide bonds. The van der Waals surface area contributed by atoms with Crippen molar-refractivity contribution < 1.29 is 9.59 Å². The lowest BCUT2D eigenvalue weighted by molar-refractivity contribution is -0.138. The van der Waals surface area contributed by atoms with E-state index in [4.69, 9.17) is 5.26 Å². The monoisotopic (exact) mass is 314 g/mol. The van der Waals surface area contributed by atoms with Gasteiger partial charge in [-0.3, -0.25) is 4.79 Å². The van der Waals surface area contributed by atoms with Crippen molar-refractivity contribution in [3.05, 3.63) is 29.8 Å². The van der Waals surface area contributed by atoms with Crippen molar-refractivity contribution in [2.45, 2.75) is 32.2 Å². The Hall–Kier alpha value is -2.55. The number of anilines is 1. The number of hydrogen-bond donors (Lipinski definition) is 1. The Kier molecular flexibility index (Phi) is 5.58. The largest absolute Gasteiger partial charge is 0.342 e. The molecular weight excluding hydrogens is 292 g/mol. The lowest BCUT2D eigenvalue weighted by atomic mass is 10.0. The zero-order valence-electron chi connectivity index (χ0n) is 13.6. The second kappa shape index (κ2) is 7.63. The molecule has 1 aromatic rings. The highest BCUT2D eigenvalue weighted by Crippen LogP contribution is 2.18. The van der Waals surface area contributed by atoms with Gasteiger partial charge in [0.05, 0.1) is 11.6 Å².